The first-order chi connectivity index (χ1) is 11.5. The van der Waals surface area contributed by atoms with Crippen molar-refractivity contribution in [1.82, 2.24) is 14.8 Å². The second kappa shape index (κ2) is 6.40. The van der Waals surface area contributed by atoms with Crippen LogP contribution in [0, 0.1) is 30.9 Å². The lowest BCUT2D eigenvalue weighted by molar-refractivity contribution is -0.386. The molecule has 0 amide bonds. The van der Waals surface area contributed by atoms with Crippen LogP contribution in [0.2, 0.25) is 0 Å². The molecule has 0 bridgehead atoms. The minimum Gasteiger partial charge on any atom is -0.331 e. The number of hydrogen-bond acceptors (Lipinski definition) is 6. The summed E-state index contributed by atoms with van der Waals surface area (Å²) in [6.07, 6.45) is 0. The molecule has 7 nitrogen and oxygen atoms in total. The second-order valence-electron chi connectivity index (χ2n) is 5.52. The summed E-state index contributed by atoms with van der Waals surface area (Å²) in [6, 6.07) is 8.00. The van der Waals surface area contributed by atoms with Gasteiger partial charge >= 0.3 is 5.69 Å². The van der Waals surface area contributed by atoms with Crippen molar-refractivity contribution in [3.63, 3.8) is 0 Å². The van der Waals surface area contributed by atoms with E-state index >= 15 is 0 Å². The topological polar surface area (TPSA) is 85.9 Å². The predicted octanol–water partition coefficient (Wildman–Crippen LogP) is 3.96. The first-order valence-electron chi connectivity index (χ1n) is 7.41. The largest absolute Gasteiger partial charge is 0.331 e. The van der Waals surface area contributed by atoms with E-state index in [0.29, 0.717) is 17.9 Å². The molecule has 1 N–H and O–H groups in total. The van der Waals surface area contributed by atoms with Crippen molar-refractivity contribution in [3.8, 4) is 0 Å². The second-order valence-corrected chi connectivity index (χ2v) is 6.38. The fraction of sp³-hybridized carbons (Fsp3) is 0.250. The van der Waals surface area contributed by atoms with Crippen molar-refractivity contribution in [2.75, 3.05) is 5.32 Å². The van der Waals surface area contributed by atoms with E-state index in [4.69, 9.17) is 0 Å². The lowest BCUT2D eigenvalue weighted by Crippen LogP contribution is -2.05. The molecule has 1 aromatic carbocycles. The van der Waals surface area contributed by atoms with Crippen molar-refractivity contribution in [2.45, 2.75) is 27.3 Å². The summed E-state index contributed by atoms with van der Waals surface area (Å²) in [4.78, 5) is 15.2. The van der Waals surface area contributed by atoms with Crippen LogP contribution in [0.15, 0.2) is 29.6 Å². The molecule has 3 rings (SSSR count). The van der Waals surface area contributed by atoms with E-state index < -0.39 is 0 Å². The zero-order chi connectivity index (χ0) is 17.3. The normalized spacial score (nSPS) is 10.8. The van der Waals surface area contributed by atoms with Gasteiger partial charge in [-0.25, -0.2) is 4.98 Å². The highest BCUT2D eigenvalue weighted by Crippen LogP contribution is 2.25. The number of aryl methyl sites for hydroxylation is 2. The van der Waals surface area contributed by atoms with E-state index in [0.717, 1.165) is 22.1 Å². The van der Waals surface area contributed by atoms with Gasteiger partial charge in [-0.05, 0) is 32.4 Å². The molecule has 2 aromatic heterocycles. The van der Waals surface area contributed by atoms with Gasteiger partial charge in [0.15, 0.2) is 5.13 Å². The minimum absolute atomic E-state index is 0.0727. The van der Waals surface area contributed by atoms with Gasteiger partial charge in [0.05, 0.1) is 17.2 Å². The highest BCUT2D eigenvalue weighted by atomic mass is 32.1. The maximum atomic E-state index is 11.1. The highest BCUT2D eigenvalue weighted by molar-refractivity contribution is 7.13. The van der Waals surface area contributed by atoms with Gasteiger partial charge in [-0.2, -0.15) is 5.10 Å². The summed E-state index contributed by atoms with van der Waals surface area (Å²) in [7, 11) is 0. The number of nitro groups is 1. The molecule has 0 aliphatic heterocycles. The third-order valence-electron chi connectivity index (χ3n) is 3.78. The molecule has 0 saturated heterocycles. The molecule has 0 atom stereocenters. The lowest BCUT2D eigenvalue weighted by atomic mass is 10.2. The first kappa shape index (κ1) is 16.1. The van der Waals surface area contributed by atoms with Gasteiger partial charge in [-0.3, -0.25) is 14.8 Å². The van der Waals surface area contributed by atoms with Crippen LogP contribution in [-0.2, 0) is 6.54 Å². The average Bonchev–Trinajstić information content (AvgIpc) is 3.06. The third-order valence-corrected chi connectivity index (χ3v) is 4.58. The summed E-state index contributed by atoms with van der Waals surface area (Å²) in [6.45, 7) is 5.79. The molecule has 0 saturated carbocycles. The Morgan fingerprint density at radius 3 is 2.71 bits per heavy atom. The zero-order valence-corrected chi connectivity index (χ0v) is 14.4. The van der Waals surface area contributed by atoms with Gasteiger partial charge in [0.2, 0.25) is 0 Å². The van der Waals surface area contributed by atoms with E-state index in [1.165, 1.54) is 11.3 Å². The molecule has 0 unspecified atom stereocenters. The van der Waals surface area contributed by atoms with Crippen LogP contribution in [0.4, 0.5) is 16.5 Å². The Hall–Kier alpha value is -2.74. The van der Waals surface area contributed by atoms with Gasteiger partial charge in [0, 0.05) is 11.1 Å². The third kappa shape index (κ3) is 3.13. The smallest absolute Gasteiger partial charge is 0.312 e. The Morgan fingerprint density at radius 2 is 2.04 bits per heavy atom. The number of aromatic nitrogens is 3. The molecule has 0 aliphatic rings. The van der Waals surface area contributed by atoms with Crippen molar-refractivity contribution >= 4 is 27.8 Å². The van der Waals surface area contributed by atoms with Crippen LogP contribution in [0.3, 0.4) is 0 Å². The highest BCUT2D eigenvalue weighted by Gasteiger charge is 2.22. The van der Waals surface area contributed by atoms with Crippen molar-refractivity contribution in [3.05, 3.63) is 62.4 Å². The quantitative estimate of drug-likeness (QED) is 0.560. The number of para-hydroxylation sites is 1. The van der Waals surface area contributed by atoms with Gasteiger partial charge in [0.1, 0.15) is 11.4 Å². The molecule has 0 spiro atoms. The van der Waals surface area contributed by atoms with E-state index in [-0.39, 0.29) is 10.6 Å². The van der Waals surface area contributed by atoms with E-state index in [2.05, 4.69) is 15.4 Å². The van der Waals surface area contributed by atoms with Crippen LogP contribution in [0.25, 0.3) is 0 Å². The minimum atomic E-state index is -0.389. The number of nitrogens with zero attached hydrogens (tertiary/aromatic N) is 4. The molecular weight excluding hydrogens is 326 g/mol. The maximum Gasteiger partial charge on any atom is 0.312 e. The van der Waals surface area contributed by atoms with Crippen molar-refractivity contribution in [1.29, 1.82) is 0 Å². The van der Waals surface area contributed by atoms with E-state index in [1.54, 1.807) is 18.5 Å². The van der Waals surface area contributed by atoms with Crippen molar-refractivity contribution in [2.24, 2.45) is 0 Å². The Bertz CT molecular complexity index is 900. The summed E-state index contributed by atoms with van der Waals surface area (Å²) in [5.41, 5.74) is 4.01. The molecule has 124 valence electrons. The van der Waals surface area contributed by atoms with Gasteiger partial charge in [-0.15, -0.1) is 11.3 Å². The van der Waals surface area contributed by atoms with E-state index in [9.17, 15) is 10.1 Å². The molecule has 3 aromatic rings. The van der Waals surface area contributed by atoms with Gasteiger partial charge in [0.25, 0.3) is 0 Å². The number of anilines is 2. The molecular formula is C16H17N5O2S. The lowest BCUT2D eigenvalue weighted by Gasteiger charge is -2.05. The molecule has 0 aliphatic carbocycles. The fourth-order valence-electron chi connectivity index (χ4n) is 2.52. The van der Waals surface area contributed by atoms with Crippen LogP contribution >= 0.6 is 11.3 Å². The molecule has 24 heavy (non-hydrogen) atoms. The summed E-state index contributed by atoms with van der Waals surface area (Å²) in [5.74, 6) is 0. The number of hydrogen-bond donors (Lipinski definition) is 1. The molecule has 8 heteroatoms. The molecule has 0 radical (unpaired) electrons. The monoisotopic (exact) mass is 343 g/mol. The van der Waals surface area contributed by atoms with Crippen LogP contribution in [0.5, 0.6) is 0 Å². The summed E-state index contributed by atoms with van der Waals surface area (Å²) in [5, 5.41) is 21.3. The number of nitrogens with one attached hydrogen (secondary N) is 1. The first-order valence-corrected chi connectivity index (χ1v) is 8.29. The Balaban J connectivity index is 1.79. The van der Waals surface area contributed by atoms with E-state index in [1.807, 2.05) is 36.6 Å². The van der Waals surface area contributed by atoms with Crippen LogP contribution in [0.1, 0.15) is 22.6 Å². The molecule has 2 heterocycles. The zero-order valence-electron chi connectivity index (χ0n) is 13.6. The van der Waals surface area contributed by atoms with Gasteiger partial charge < -0.3 is 5.32 Å². The number of benzene rings is 1. The summed E-state index contributed by atoms with van der Waals surface area (Å²) >= 11 is 1.50. The van der Waals surface area contributed by atoms with Crippen molar-refractivity contribution < 1.29 is 4.92 Å². The fourth-order valence-corrected chi connectivity index (χ4v) is 3.24. The Labute approximate surface area is 143 Å². The number of thiazole rings is 1. The van der Waals surface area contributed by atoms with Crippen LogP contribution in [-0.4, -0.2) is 19.7 Å². The summed E-state index contributed by atoms with van der Waals surface area (Å²) < 4.78 is 1.63. The SMILES string of the molecule is Cc1ccccc1Nc1nc(Cn2nc(C)c([N+](=O)[O-])c2C)cs1. The Kier molecular flexibility index (Phi) is 4.30. The predicted molar refractivity (Wildman–Crippen MR) is 94.0 cm³/mol. The number of rotatable bonds is 5. The standard InChI is InChI=1S/C16H17N5O2S/c1-10-6-4-5-7-14(10)18-16-17-13(9-24-16)8-20-12(3)15(21(22)23)11(2)19-20/h4-7,9H,8H2,1-3H3,(H,17,18). The molecule has 0 fully saturated rings. The van der Waals surface area contributed by atoms with Gasteiger partial charge in [-0.1, -0.05) is 18.2 Å². The van der Waals surface area contributed by atoms with Crippen LogP contribution < -0.4 is 5.32 Å². The Morgan fingerprint density at radius 1 is 1.29 bits per heavy atom. The maximum absolute atomic E-state index is 11.1. The average molecular weight is 343 g/mol.